The van der Waals surface area contributed by atoms with Gasteiger partial charge in [-0.1, -0.05) is 0 Å². The number of nitrogens with zero attached hydrogens (tertiary/aromatic N) is 3. The van der Waals surface area contributed by atoms with Gasteiger partial charge in [-0.3, -0.25) is 14.3 Å². The van der Waals surface area contributed by atoms with Gasteiger partial charge in [-0.2, -0.15) is 5.10 Å². The monoisotopic (exact) mass is 348 g/mol. The highest BCUT2D eigenvalue weighted by Gasteiger charge is 2.35. The Bertz CT molecular complexity index is 634. The normalized spacial score (nSPS) is 24.6. The van der Waals surface area contributed by atoms with Gasteiger partial charge < -0.3 is 15.4 Å². The number of nitrogens with two attached hydrogens (primary N) is 1. The molecule has 2 N–H and O–H groups in total. The third kappa shape index (κ3) is 4.21. The molecule has 0 saturated carbocycles. The van der Waals surface area contributed by atoms with Crippen molar-refractivity contribution in [3.63, 3.8) is 0 Å². The number of carbonyl (C=O) groups excluding carboxylic acids is 2. The van der Waals surface area contributed by atoms with Crippen LogP contribution in [0.5, 0.6) is 0 Å². The predicted octanol–water partition coefficient (Wildman–Crippen LogP) is 0.790. The largest absolute Gasteiger partial charge is 0.377 e. The van der Waals surface area contributed by atoms with Gasteiger partial charge in [0.15, 0.2) is 0 Å². The lowest BCUT2D eigenvalue weighted by Crippen LogP contribution is -2.41. The predicted molar refractivity (Wildman–Crippen MR) is 92.6 cm³/mol. The lowest BCUT2D eigenvalue weighted by molar-refractivity contribution is -0.132. The minimum absolute atomic E-state index is 0.0397. The molecule has 138 valence electrons. The van der Waals surface area contributed by atoms with Gasteiger partial charge in [0.05, 0.1) is 24.1 Å². The van der Waals surface area contributed by atoms with E-state index in [4.69, 9.17) is 10.5 Å². The summed E-state index contributed by atoms with van der Waals surface area (Å²) in [4.78, 5) is 25.9. The molecule has 0 unspecified atom stereocenters. The quantitative estimate of drug-likeness (QED) is 0.852. The number of hydrogen-bond donors (Lipinski definition) is 1. The Morgan fingerprint density at radius 1 is 1.32 bits per heavy atom. The zero-order valence-corrected chi connectivity index (χ0v) is 15.1. The topological polar surface area (TPSA) is 90.5 Å². The fourth-order valence-electron chi connectivity index (χ4n) is 4.05. The maximum atomic E-state index is 12.5. The van der Waals surface area contributed by atoms with Crippen LogP contribution in [0.2, 0.25) is 0 Å². The van der Waals surface area contributed by atoms with Crippen LogP contribution in [0, 0.1) is 18.8 Å². The molecule has 1 aromatic rings. The Hall–Kier alpha value is -1.89. The van der Waals surface area contributed by atoms with Crippen molar-refractivity contribution in [1.82, 2.24) is 14.7 Å². The standard InChI is InChI=1S/C18H28N4O3/c1-12-9-14(21(2)20-12)11-17(23)22-6-3-13(4-7-22)10-16-15(18(19)24)5-8-25-16/h9,13,15-16H,3-8,10-11H2,1-2H3,(H2,19,24)/t15-,16-/m1/s1. The average Bonchev–Trinajstić information content (AvgIpc) is 3.14. The van der Waals surface area contributed by atoms with E-state index >= 15 is 0 Å². The summed E-state index contributed by atoms with van der Waals surface area (Å²) in [6, 6.07) is 1.96. The van der Waals surface area contributed by atoms with E-state index in [0.717, 1.165) is 50.2 Å². The maximum absolute atomic E-state index is 12.5. The highest BCUT2D eigenvalue weighted by atomic mass is 16.5. The molecule has 7 heteroatoms. The molecule has 7 nitrogen and oxygen atoms in total. The summed E-state index contributed by atoms with van der Waals surface area (Å²) < 4.78 is 7.49. The van der Waals surface area contributed by atoms with Gasteiger partial charge in [0.2, 0.25) is 11.8 Å². The van der Waals surface area contributed by atoms with Gasteiger partial charge in [-0.15, -0.1) is 0 Å². The van der Waals surface area contributed by atoms with Crippen LogP contribution in [-0.4, -0.2) is 52.3 Å². The minimum Gasteiger partial charge on any atom is -0.377 e. The highest BCUT2D eigenvalue weighted by molar-refractivity contribution is 5.78. The first-order valence-corrected chi connectivity index (χ1v) is 9.12. The van der Waals surface area contributed by atoms with Crippen molar-refractivity contribution in [2.45, 2.75) is 45.1 Å². The van der Waals surface area contributed by atoms with Gasteiger partial charge in [-0.05, 0) is 44.6 Å². The molecule has 2 fully saturated rings. The smallest absolute Gasteiger partial charge is 0.228 e. The lowest BCUT2D eigenvalue weighted by Gasteiger charge is -2.33. The second kappa shape index (κ2) is 7.56. The molecular formula is C18H28N4O3. The number of amides is 2. The molecule has 3 heterocycles. The van der Waals surface area contributed by atoms with Gasteiger partial charge in [-0.25, -0.2) is 0 Å². The van der Waals surface area contributed by atoms with Gasteiger partial charge in [0, 0.05) is 32.4 Å². The van der Waals surface area contributed by atoms with Gasteiger partial charge in [0.25, 0.3) is 0 Å². The van der Waals surface area contributed by atoms with Crippen molar-refractivity contribution in [3.05, 3.63) is 17.5 Å². The van der Waals surface area contributed by atoms with E-state index in [-0.39, 0.29) is 23.8 Å². The second-order valence-electron chi connectivity index (χ2n) is 7.34. The van der Waals surface area contributed by atoms with Crippen molar-refractivity contribution in [2.24, 2.45) is 24.6 Å². The minimum atomic E-state index is -0.249. The van der Waals surface area contributed by atoms with E-state index in [0.29, 0.717) is 18.9 Å². The summed E-state index contributed by atoms with van der Waals surface area (Å²) >= 11 is 0. The number of carbonyl (C=O) groups is 2. The zero-order valence-electron chi connectivity index (χ0n) is 15.1. The van der Waals surface area contributed by atoms with Crippen LogP contribution in [0.4, 0.5) is 0 Å². The SMILES string of the molecule is Cc1cc(CC(=O)N2CCC(C[C@H]3OCC[C@H]3C(N)=O)CC2)n(C)n1. The Balaban J connectivity index is 1.47. The Labute approximate surface area is 148 Å². The molecule has 0 spiro atoms. The third-order valence-corrected chi connectivity index (χ3v) is 5.54. The number of aromatic nitrogens is 2. The fraction of sp³-hybridized carbons (Fsp3) is 0.722. The summed E-state index contributed by atoms with van der Waals surface area (Å²) in [5.74, 6) is 0.260. The van der Waals surface area contributed by atoms with Crippen LogP contribution in [0.3, 0.4) is 0 Å². The molecule has 2 saturated heterocycles. The van der Waals surface area contributed by atoms with E-state index in [2.05, 4.69) is 5.10 Å². The molecule has 2 amide bonds. The number of primary amides is 1. The van der Waals surface area contributed by atoms with Crippen molar-refractivity contribution in [2.75, 3.05) is 19.7 Å². The van der Waals surface area contributed by atoms with E-state index in [9.17, 15) is 9.59 Å². The Morgan fingerprint density at radius 2 is 2.04 bits per heavy atom. The van der Waals surface area contributed by atoms with Gasteiger partial charge >= 0.3 is 0 Å². The highest BCUT2D eigenvalue weighted by Crippen LogP contribution is 2.30. The molecule has 0 radical (unpaired) electrons. The molecule has 1 aromatic heterocycles. The molecule has 2 atom stereocenters. The third-order valence-electron chi connectivity index (χ3n) is 5.54. The van der Waals surface area contributed by atoms with Gasteiger partial charge in [0.1, 0.15) is 0 Å². The first-order valence-electron chi connectivity index (χ1n) is 9.12. The van der Waals surface area contributed by atoms with Crippen LogP contribution < -0.4 is 5.73 Å². The van der Waals surface area contributed by atoms with Crippen LogP contribution in [0.1, 0.15) is 37.1 Å². The van der Waals surface area contributed by atoms with Crippen molar-refractivity contribution < 1.29 is 14.3 Å². The lowest BCUT2D eigenvalue weighted by atomic mass is 9.86. The van der Waals surface area contributed by atoms with Crippen LogP contribution in [0.15, 0.2) is 6.07 Å². The summed E-state index contributed by atoms with van der Waals surface area (Å²) in [7, 11) is 1.87. The van der Waals surface area contributed by atoms with E-state index < -0.39 is 0 Å². The summed E-state index contributed by atoms with van der Waals surface area (Å²) in [5, 5.41) is 4.29. The van der Waals surface area contributed by atoms with Crippen LogP contribution >= 0.6 is 0 Å². The number of likely N-dealkylation sites (tertiary alicyclic amines) is 1. The van der Waals surface area contributed by atoms with Crippen molar-refractivity contribution >= 4 is 11.8 Å². The first-order chi connectivity index (χ1) is 11.9. The van der Waals surface area contributed by atoms with E-state index in [1.807, 2.05) is 24.9 Å². The number of ether oxygens (including phenoxy) is 1. The summed E-state index contributed by atoms with van der Waals surface area (Å²) in [6.07, 6.45) is 3.89. The van der Waals surface area contributed by atoms with Crippen molar-refractivity contribution in [1.29, 1.82) is 0 Å². The number of piperidine rings is 1. The molecule has 0 aromatic carbocycles. The molecular weight excluding hydrogens is 320 g/mol. The number of rotatable bonds is 5. The number of hydrogen-bond acceptors (Lipinski definition) is 4. The average molecular weight is 348 g/mol. The Morgan fingerprint density at radius 3 is 2.64 bits per heavy atom. The molecule has 0 bridgehead atoms. The first kappa shape index (κ1) is 17.9. The van der Waals surface area contributed by atoms with Crippen LogP contribution in [0.25, 0.3) is 0 Å². The van der Waals surface area contributed by atoms with Crippen molar-refractivity contribution in [3.8, 4) is 0 Å². The van der Waals surface area contributed by atoms with Crippen LogP contribution in [-0.2, 0) is 27.8 Å². The molecule has 3 rings (SSSR count). The maximum Gasteiger partial charge on any atom is 0.228 e. The van der Waals surface area contributed by atoms with E-state index in [1.54, 1.807) is 4.68 Å². The summed E-state index contributed by atoms with van der Waals surface area (Å²) in [5.41, 5.74) is 7.35. The summed E-state index contributed by atoms with van der Waals surface area (Å²) in [6.45, 7) is 4.10. The molecule has 2 aliphatic rings. The molecule has 0 aliphatic carbocycles. The zero-order chi connectivity index (χ0) is 18.0. The Kier molecular flexibility index (Phi) is 5.42. The van der Waals surface area contributed by atoms with E-state index in [1.165, 1.54) is 0 Å². The second-order valence-corrected chi connectivity index (χ2v) is 7.34. The molecule has 2 aliphatic heterocycles. The molecule has 25 heavy (non-hydrogen) atoms. The fourth-order valence-corrected chi connectivity index (χ4v) is 4.05. The number of aryl methyl sites for hydroxylation is 2.